The van der Waals surface area contributed by atoms with E-state index in [0.717, 1.165) is 28.1 Å². The van der Waals surface area contributed by atoms with E-state index in [0.29, 0.717) is 29.1 Å². The minimum absolute atomic E-state index is 0.215. The third kappa shape index (κ3) is 2.96. The standard InChI is InChI=1S/C25H24F2N6O/c1-4-33-24-13-7-20(25(28)29-10-13)34-12(2)16-8-14(26)5-6-15(16)23-17(11-32(3)31-23)21-18(27)9-19(30-33)22(21)24/h5-8,10-12,18,21H,4,9H2,1-3H3,(H2,28,29)/t12-,18?,21?/m1/s1. The van der Waals surface area contributed by atoms with Gasteiger partial charge in [0, 0.05) is 66.1 Å². The Morgan fingerprint density at radius 3 is 2.82 bits per heavy atom. The second-order valence-corrected chi connectivity index (χ2v) is 8.93. The van der Waals surface area contributed by atoms with Crippen molar-refractivity contribution in [3.05, 3.63) is 64.9 Å². The first-order chi connectivity index (χ1) is 16.4. The number of fused-ring (bicyclic) bond motifs is 7. The number of pyridine rings is 1. The Hall–Kier alpha value is -3.75. The van der Waals surface area contributed by atoms with Crippen molar-refractivity contribution in [1.82, 2.24) is 24.5 Å². The lowest BCUT2D eigenvalue weighted by Crippen LogP contribution is -2.15. The van der Waals surface area contributed by atoms with Crippen LogP contribution in [0.1, 0.15) is 48.3 Å². The van der Waals surface area contributed by atoms with Gasteiger partial charge in [-0.1, -0.05) is 0 Å². The molecule has 0 fully saturated rings. The van der Waals surface area contributed by atoms with Gasteiger partial charge in [0.25, 0.3) is 0 Å². The number of rotatable bonds is 1. The normalized spacial score (nSPS) is 20.6. The summed E-state index contributed by atoms with van der Waals surface area (Å²) in [7, 11) is 1.81. The van der Waals surface area contributed by atoms with Crippen LogP contribution in [-0.4, -0.2) is 30.7 Å². The summed E-state index contributed by atoms with van der Waals surface area (Å²) in [6, 6.07) is 6.32. The van der Waals surface area contributed by atoms with E-state index in [-0.39, 0.29) is 12.2 Å². The molecule has 6 rings (SSSR count). The fourth-order valence-corrected chi connectivity index (χ4v) is 5.33. The fraction of sp³-hybridized carbons (Fsp3) is 0.320. The summed E-state index contributed by atoms with van der Waals surface area (Å²) in [5.74, 6) is -0.352. The van der Waals surface area contributed by atoms with Crippen LogP contribution in [0.5, 0.6) is 5.75 Å². The van der Waals surface area contributed by atoms with Crippen LogP contribution in [0.15, 0.2) is 36.7 Å². The van der Waals surface area contributed by atoms with Crippen LogP contribution < -0.4 is 10.5 Å². The third-order valence-electron chi connectivity index (χ3n) is 6.78. The molecule has 4 heterocycles. The Morgan fingerprint density at radius 2 is 2.03 bits per heavy atom. The van der Waals surface area contributed by atoms with Gasteiger partial charge in [0.05, 0.1) is 17.1 Å². The molecule has 2 unspecified atom stereocenters. The lowest BCUT2D eigenvalue weighted by Gasteiger charge is -2.23. The summed E-state index contributed by atoms with van der Waals surface area (Å²) in [6.07, 6.45) is 2.02. The SMILES string of the molecule is CCn1nc2c3c1-c1cnc(N)c(c1)O[C@H](C)c1cc(F)ccc1-c1nn(C)cc1C3C(F)C2. The molecule has 2 aliphatic rings. The molecule has 0 saturated carbocycles. The van der Waals surface area contributed by atoms with Gasteiger partial charge >= 0.3 is 0 Å². The molecule has 0 radical (unpaired) electrons. The number of nitrogens with two attached hydrogens (primary N) is 1. The van der Waals surface area contributed by atoms with Crippen molar-refractivity contribution in [2.24, 2.45) is 7.05 Å². The van der Waals surface area contributed by atoms with Gasteiger partial charge in [-0.25, -0.2) is 13.8 Å². The number of ether oxygens (including phenoxy) is 1. The number of anilines is 1. The number of hydrogen-bond donors (Lipinski definition) is 1. The van der Waals surface area contributed by atoms with Crippen LogP contribution in [0.4, 0.5) is 14.6 Å². The molecule has 0 saturated heterocycles. The van der Waals surface area contributed by atoms with E-state index in [2.05, 4.69) is 4.98 Å². The summed E-state index contributed by atoms with van der Waals surface area (Å²) < 4.78 is 39.9. The van der Waals surface area contributed by atoms with Crippen molar-refractivity contribution in [1.29, 1.82) is 0 Å². The smallest absolute Gasteiger partial charge is 0.166 e. The van der Waals surface area contributed by atoms with Gasteiger partial charge < -0.3 is 10.5 Å². The maximum atomic E-state index is 15.7. The quantitative estimate of drug-likeness (QED) is 0.448. The van der Waals surface area contributed by atoms with E-state index < -0.39 is 24.0 Å². The predicted octanol–water partition coefficient (Wildman–Crippen LogP) is 4.57. The molecule has 1 aliphatic heterocycles. The van der Waals surface area contributed by atoms with Crippen molar-refractivity contribution in [2.45, 2.75) is 45.0 Å². The van der Waals surface area contributed by atoms with Crippen LogP contribution in [-0.2, 0) is 20.0 Å². The number of nitrogens with zero attached hydrogens (tertiary/aromatic N) is 5. The van der Waals surface area contributed by atoms with Crippen molar-refractivity contribution in [3.63, 3.8) is 0 Å². The van der Waals surface area contributed by atoms with Gasteiger partial charge in [-0.2, -0.15) is 10.2 Å². The van der Waals surface area contributed by atoms with Crippen LogP contribution in [0.3, 0.4) is 0 Å². The second kappa shape index (κ2) is 7.38. The molecular weight excluding hydrogens is 438 g/mol. The molecule has 0 spiro atoms. The summed E-state index contributed by atoms with van der Waals surface area (Å²) in [5, 5.41) is 9.43. The zero-order valence-corrected chi connectivity index (χ0v) is 19.1. The molecule has 34 heavy (non-hydrogen) atoms. The second-order valence-electron chi connectivity index (χ2n) is 8.93. The fourth-order valence-electron chi connectivity index (χ4n) is 5.33. The van der Waals surface area contributed by atoms with Crippen molar-refractivity contribution >= 4 is 5.82 Å². The van der Waals surface area contributed by atoms with E-state index in [1.807, 2.05) is 30.8 Å². The van der Waals surface area contributed by atoms with E-state index in [1.165, 1.54) is 12.1 Å². The number of hydrogen-bond acceptors (Lipinski definition) is 5. The summed E-state index contributed by atoms with van der Waals surface area (Å²) in [6.45, 7) is 4.44. The average molecular weight is 463 g/mol. The first-order valence-electron chi connectivity index (χ1n) is 11.3. The van der Waals surface area contributed by atoms with Crippen LogP contribution in [0.25, 0.3) is 22.5 Å². The van der Waals surface area contributed by atoms with Gasteiger partial charge in [-0.15, -0.1) is 0 Å². The Bertz CT molecular complexity index is 1440. The van der Waals surface area contributed by atoms with Crippen LogP contribution >= 0.6 is 0 Å². The van der Waals surface area contributed by atoms with Crippen molar-refractivity contribution in [2.75, 3.05) is 5.73 Å². The summed E-state index contributed by atoms with van der Waals surface area (Å²) in [5.41, 5.74) is 11.9. The number of alkyl halides is 1. The Balaban J connectivity index is 1.72. The molecule has 4 aromatic rings. The summed E-state index contributed by atoms with van der Waals surface area (Å²) >= 11 is 0. The average Bonchev–Trinajstić information content (AvgIpc) is 3.44. The highest BCUT2D eigenvalue weighted by Gasteiger charge is 2.42. The zero-order chi connectivity index (χ0) is 23.7. The molecule has 0 amide bonds. The minimum atomic E-state index is -1.16. The summed E-state index contributed by atoms with van der Waals surface area (Å²) in [4.78, 5) is 4.36. The minimum Gasteiger partial charge on any atom is -0.482 e. The topological polar surface area (TPSA) is 83.8 Å². The molecule has 9 heteroatoms. The largest absolute Gasteiger partial charge is 0.482 e. The molecule has 3 atom stereocenters. The number of benzene rings is 1. The van der Waals surface area contributed by atoms with Gasteiger partial charge in [0.2, 0.25) is 0 Å². The zero-order valence-electron chi connectivity index (χ0n) is 19.1. The lowest BCUT2D eigenvalue weighted by atomic mass is 9.87. The van der Waals surface area contributed by atoms with Crippen molar-refractivity contribution in [3.8, 4) is 28.3 Å². The van der Waals surface area contributed by atoms with Crippen molar-refractivity contribution < 1.29 is 13.5 Å². The predicted molar refractivity (Wildman–Crippen MR) is 124 cm³/mol. The molecule has 2 bridgehead atoms. The molecule has 2 N–H and O–H groups in total. The molecule has 3 aromatic heterocycles. The van der Waals surface area contributed by atoms with E-state index in [4.69, 9.17) is 20.7 Å². The molecule has 1 aromatic carbocycles. The highest BCUT2D eigenvalue weighted by molar-refractivity contribution is 5.75. The first kappa shape index (κ1) is 20.8. The third-order valence-corrected chi connectivity index (χ3v) is 6.78. The van der Waals surface area contributed by atoms with Gasteiger partial charge in [-0.05, 0) is 38.1 Å². The number of aromatic nitrogens is 5. The van der Waals surface area contributed by atoms with Gasteiger partial charge in [0.15, 0.2) is 11.6 Å². The highest BCUT2D eigenvalue weighted by atomic mass is 19.1. The Kier molecular flexibility index (Phi) is 4.52. The number of aryl methyl sites for hydroxylation is 2. The Labute approximate surface area is 195 Å². The molecule has 7 nitrogen and oxygen atoms in total. The molecular formula is C25H24F2N6O. The molecule has 1 aliphatic carbocycles. The Morgan fingerprint density at radius 1 is 1.21 bits per heavy atom. The monoisotopic (exact) mass is 462 g/mol. The van der Waals surface area contributed by atoms with Gasteiger partial charge in [0.1, 0.15) is 18.1 Å². The first-order valence-corrected chi connectivity index (χ1v) is 11.3. The van der Waals surface area contributed by atoms with E-state index in [9.17, 15) is 4.39 Å². The molecule has 174 valence electrons. The van der Waals surface area contributed by atoms with Gasteiger partial charge in [-0.3, -0.25) is 9.36 Å². The number of nitrogen functional groups attached to an aromatic ring is 1. The number of halogens is 2. The maximum Gasteiger partial charge on any atom is 0.166 e. The maximum absolute atomic E-state index is 15.7. The van der Waals surface area contributed by atoms with Crippen LogP contribution in [0.2, 0.25) is 0 Å². The van der Waals surface area contributed by atoms with E-state index >= 15 is 4.39 Å². The van der Waals surface area contributed by atoms with E-state index in [1.54, 1.807) is 24.0 Å². The lowest BCUT2D eigenvalue weighted by molar-refractivity contribution is 0.227. The highest BCUT2D eigenvalue weighted by Crippen LogP contribution is 2.49. The van der Waals surface area contributed by atoms with Crippen LogP contribution in [0, 0.1) is 5.82 Å².